The van der Waals surface area contributed by atoms with Gasteiger partial charge in [0, 0.05) is 19.5 Å². The quantitative estimate of drug-likeness (QED) is 0.304. The summed E-state index contributed by atoms with van der Waals surface area (Å²) in [5.41, 5.74) is 0.424. The first-order chi connectivity index (χ1) is 19.3. The number of carbonyl (C=O) groups excluding carboxylic acids is 4. The summed E-state index contributed by atoms with van der Waals surface area (Å²) in [5, 5.41) is 8.18. The molecule has 11 heteroatoms. The Bertz CT molecular complexity index is 1180. The Morgan fingerprint density at radius 1 is 0.975 bits per heavy atom. The SMILES string of the molecule is COc1ccc(C[C@H](NC(=O)CNC(=O)CN2CCOCC2)C(=O)N[C@@H](C(=O)[C@@]2(C)CO2)c2ccccc2)cc1. The van der Waals surface area contributed by atoms with Crippen molar-refractivity contribution in [2.75, 3.05) is 53.1 Å². The molecule has 2 aliphatic rings. The minimum atomic E-state index is -1.01. The predicted octanol–water partition coefficient (Wildman–Crippen LogP) is 0.386. The van der Waals surface area contributed by atoms with E-state index in [4.69, 9.17) is 14.2 Å². The molecular weight excluding hydrogens is 516 g/mol. The summed E-state index contributed by atoms with van der Waals surface area (Å²) in [4.78, 5) is 54.0. The molecule has 2 aromatic rings. The maximum absolute atomic E-state index is 13.6. The molecule has 2 fully saturated rings. The van der Waals surface area contributed by atoms with Crippen molar-refractivity contribution in [2.24, 2.45) is 0 Å². The highest BCUT2D eigenvalue weighted by Crippen LogP contribution is 2.33. The normalized spacial score (nSPS) is 20.1. The van der Waals surface area contributed by atoms with Gasteiger partial charge < -0.3 is 30.2 Å². The number of hydrogen-bond donors (Lipinski definition) is 3. The summed E-state index contributed by atoms with van der Waals surface area (Å²) in [6.07, 6.45) is 0.159. The molecule has 3 amide bonds. The second kappa shape index (κ2) is 13.5. The van der Waals surface area contributed by atoms with Gasteiger partial charge in [0.05, 0.1) is 40.0 Å². The molecule has 11 nitrogen and oxygen atoms in total. The maximum atomic E-state index is 13.6. The molecule has 40 heavy (non-hydrogen) atoms. The van der Waals surface area contributed by atoms with Crippen LogP contribution in [-0.4, -0.2) is 93.2 Å². The zero-order valence-corrected chi connectivity index (χ0v) is 22.8. The molecule has 214 valence electrons. The minimum absolute atomic E-state index is 0.159. The van der Waals surface area contributed by atoms with Crippen molar-refractivity contribution in [3.8, 4) is 5.75 Å². The van der Waals surface area contributed by atoms with Crippen molar-refractivity contribution in [1.29, 1.82) is 0 Å². The lowest BCUT2D eigenvalue weighted by Crippen LogP contribution is -2.53. The predicted molar refractivity (Wildman–Crippen MR) is 146 cm³/mol. The molecule has 2 aliphatic heterocycles. The Morgan fingerprint density at radius 3 is 2.27 bits per heavy atom. The van der Waals surface area contributed by atoms with Gasteiger partial charge in [0.2, 0.25) is 17.7 Å². The number of nitrogens with zero attached hydrogens (tertiary/aromatic N) is 1. The van der Waals surface area contributed by atoms with Gasteiger partial charge in [-0.15, -0.1) is 0 Å². The van der Waals surface area contributed by atoms with Gasteiger partial charge in [-0.1, -0.05) is 42.5 Å². The second-order valence-electron chi connectivity index (χ2n) is 10.1. The van der Waals surface area contributed by atoms with Crippen LogP contribution < -0.4 is 20.7 Å². The number of methoxy groups -OCH3 is 1. The lowest BCUT2D eigenvalue weighted by molar-refractivity contribution is -0.133. The Hall–Kier alpha value is -3.80. The molecular formula is C29H36N4O7. The molecule has 2 heterocycles. The Labute approximate surface area is 233 Å². The van der Waals surface area contributed by atoms with Crippen LogP contribution in [0, 0.1) is 0 Å². The zero-order valence-electron chi connectivity index (χ0n) is 22.8. The van der Waals surface area contributed by atoms with E-state index in [0.29, 0.717) is 37.6 Å². The first-order valence-corrected chi connectivity index (χ1v) is 13.3. The van der Waals surface area contributed by atoms with Gasteiger partial charge in [0.25, 0.3) is 0 Å². The zero-order chi connectivity index (χ0) is 28.5. The van der Waals surface area contributed by atoms with Crippen LogP contribution in [0.3, 0.4) is 0 Å². The van der Waals surface area contributed by atoms with Gasteiger partial charge in [-0.2, -0.15) is 0 Å². The fraction of sp³-hybridized carbons (Fsp3) is 0.448. The number of epoxide rings is 1. The Balaban J connectivity index is 1.44. The van der Waals surface area contributed by atoms with Crippen LogP contribution in [0.25, 0.3) is 0 Å². The number of amides is 3. The summed E-state index contributed by atoms with van der Waals surface area (Å²) in [6.45, 7) is 4.26. The van der Waals surface area contributed by atoms with E-state index in [1.807, 2.05) is 11.0 Å². The molecule has 2 saturated heterocycles. The number of morpholine rings is 1. The van der Waals surface area contributed by atoms with E-state index < -0.39 is 29.5 Å². The summed E-state index contributed by atoms with van der Waals surface area (Å²) in [5.74, 6) is -0.957. The highest BCUT2D eigenvalue weighted by atomic mass is 16.6. The second-order valence-corrected chi connectivity index (χ2v) is 10.1. The smallest absolute Gasteiger partial charge is 0.243 e. The van der Waals surface area contributed by atoms with E-state index in [0.717, 1.165) is 5.56 Å². The first kappa shape index (κ1) is 29.2. The van der Waals surface area contributed by atoms with Crippen LogP contribution in [0.5, 0.6) is 5.75 Å². The highest BCUT2D eigenvalue weighted by Gasteiger charge is 2.50. The van der Waals surface area contributed by atoms with Crippen molar-refractivity contribution in [3.05, 3.63) is 65.7 Å². The van der Waals surface area contributed by atoms with Gasteiger partial charge in [-0.25, -0.2) is 0 Å². The van der Waals surface area contributed by atoms with Crippen LogP contribution in [0.15, 0.2) is 54.6 Å². The largest absolute Gasteiger partial charge is 0.497 e. The summed E-state index contributed by atoms with van der Waals surface area (Å²) in [6, 6.07) is 14.1. The van der Waals surface area contributed by atoms with E-state index in [2.05, 4.69) is 16.0 Å². The number of nitrogens with one attached hydrogen (secondary N) is 3. The number of rotatable bonds is 13. The van der Waals surface area contributed by atoms with E-state index in [1.165, 1.54) is 0 Å². The molecule has 0 saturated carbocycles. The Morgan fingerprint density at radius 2 is 1.65 bits per heavy atom. The molecule has 3 N–H and O–H groups in total. The van der Waals surface area contributed by atoms with E-state index in [9.17, 15) is 19.2 Å². The monoisotopic (exact) mass is 552 g/mol. The summed E-state index contributed by atoms with van der Waals surface area (Å²) < 4.78 is 15.9. The van der Waals surface area contributed by atoms with Gasteiger partial charge in [-0.05, 0) is 30.2 Å². The summed E-state index contributed by atoms with van der Waals surface area (Å²) >= 11 is 0. The van der Waals surface area contributed by atoms with E-state index in [-0.39, 0.29) is 37.8 Å². The molecule has 0 spiro atoms. The number of hydrogen-bond acceptors (Lipinski definition) is 8. The van der Waals surface area contributed by atoms with E-state index in [1.54, 1.807) is 62.6 Å². The van der Waals surface area contributed by atoms with Gasteiger partial charge in [-0.3, -0.25) is 24.1 Å². The van der Waals surface area contributed by atoms with Crippen LogP contribution in [-0.2, 0) is 35.1 Å². The molecule has 0 unspecified atom stereocenters. The highest BCUT2D eigenvalue weighted by molar-refractivity contribution is 5.98. The third kappa shape index (κ3) is 8.10. The van der Waals surface area contributed by atoms with Crippen LogP contribution in [0.1, 0.15) is 24.1 Å². The lowest BCUT2D eigenvalue weighted by Gasteiger charge is -2.26. The van der Waals surface area contributed by atoms with Crippen molar-refractivity contribution in [2.45, 2.75) is 31.0 Å². The number of ether oxygens (including phenoxy) is 3. The van der Waals surface area contributed by atoms with Crippen molar-refractivity contribution in [1.82, 2.24) is 20.9 Å². The number of carbonyl (C=O) groups is 4. The molecule has 0 aromatic heterocycles. The van der Waals surface area contributed by atoms with Gasteiger partial charge >= 0.3 is 0 Å². The maximum Gasteiger partial charge on any atom is 0.243 e. The van der Waals surface area contributed by atoms with Crippen LogP contribution in [0.2, 0.25) is 0 Å². The fourth-order valence-corrected chi connectivity index (χ4v) is 4.39. The molecule has 2 aromatic carbocycles. The third-order valence-electron chi connectivity index (χ3n) is 6.95. The Kier molecular flexibility index (Phi) is 9.86. The topological polar surface area (TPSA) is 139 Å². The number of Topliss-reactive ketones (excluding diaryl/α,β-unsaturated/α-hetero) is 1. The lowest BCUT2D eigenvalue weighted by atomic mass is 9.94. The molecule has 0 radical (unpaired) electrons. The van der Waals surface area contributed by atoms with Crippen LogP contribution in [0.4, 0.5) is 0 Å². The number of benzene rings is 2. The first-order valence-electron chi connectivity index (χ1n) is 13.3. The standard InChI is InChI=1S/C29H36N4O7/c1-29(19-40-29)27(36)26(21-6-4-3-5-7-21)32-28(37)23(16-20-8-10-22(38-2)11-9-20)31-24(34)17-30-25(35)18-33-12-14-39-15-13-33/h3-11,23,26H,12-19H2,1-2H3,(H,30,35)(H,31,34)(H,32,37)/t23-,26+,29+/m0/s1. The van der Waals surface area contributed by atoms with E-state index >= 15 is 0 Å². The average molecular weight is 553 g/mol. The van der Waals surface area contributed by atoms with Gasteiger partial charge in [0.1, 0.15) is 23.4 Å². The van der Waals surface area contributed by atoms with Crippen molar-refractivity contribution < 1.29 is 33.4 Å². The summed E-state index contributed by atoms with van der Waals surface area (Å²) in [7, 11) is 1.56. The molecule has 0 bridgehead atoms. The third-order valence-corrected chi connectivity index (χ3v) is 6.95. The molecule has 0 aliphatic carbocycles. The van der Waals surface area contributed by atoms with Gasteiger partial charge in [0.15, 0.2) is 5.78 Å². The molecule has 3 atom stereocenters. The molecule has 4 rings (SSSR count). The van der Waals surface area contributed by atoms with Crippen molar-refractivity contribution >= 4 is 23.5 Å². The minimum Gasteiger partial charge on any atom is -0.497 e. The average Bonchev–Trinajstić information content (AvgIpc) is 3.73. The fourth-order valence-electron chi connectivity index (χ4n) is 4.39. The number of ketones is 1. The van der Waals surface area contributed by atoms with Crippen LogP contribution >= 0.6 is 0 Å². The van der Waals surface area contributed by atoms with Crippen molar-refractivity contribution in [3.63, 3.8) is 0 Å².